The number of benzene rings is 1. The van der Waals surface area contributed by atoms with E-state index in [0.29, 0.717) is 12.0 Å². The molecule has 0 bridgehead atoms. The number of aromatic amines is 1. The molecular weight excluding hydrogens is 386 g/mol. The van der Waals surface area contributed by atoms with Crippen molar-refractivity contribution in [2.75, 3.05) is 0 Å². The first-order valence-corrected chi connectivity index (χ1v) is 8.89. The van der Waals surface area contributed by atoms with E-state index in [0.717, 1.165) is 0 Å². The first kappa shape index (κ1) is 20.3. The predicted octanol–water partition coefficient (Wildman–Crippen LogP) is 2.03. The number of nitrogens with zero attached hydrogens (tertiary/aromatic N) is 2. The number of hydrogen-bond acceptors (Lipinski definition) is 8. The van der Waals surface area contributed by atoms with Gasteiger partial charge in [-0.15, -0.1) is 0 Å². The molecular formula is C18H19N3O8. The highest BCUT2D eigenvalue weighted by atomic mass is 16.7. The maximum atomic E-state index is 12.1. The monoisotopic (exact) mass is 405 g/mol. The maximum absolute atomic E-state index is 12.1. The molecule has 1 aliphatic heterocycles. The van der Waals surface area contributed by atoms with Crippen LogP contribution in [-0.4, -0.2) is 32.8 Å². The SMILES string of the molecule is CC[C@H]1O[C@@H](n2cc(C)c(=O)[nH]c2=O)CC1OC(=O)Oc1ccc([N+](=O)[O-])cc1. The molecule has 154 valence electrons. The van der Waals surface area contributed by atoms with Crippen molar-refractivity contribution in [1.29, 1.82) is 0 Å². The van der Waals surface area contributed by atoms with Crippen LogP contribution in [0.1, 0.15) is 31.6 Å². The summed E-state index contributed by atoms with van der Waals surface area (Å²) < 4.78 is 17.4. The topological polar surface area (TPSA) is 143 Å². The highest BCUT2D eigenvalue weighted by Crippen LogP contribution is 2.32. The Morgan fingerprint density at radius 3 is 2.66 bits per heavy atom. The number of aromatic nitrogens is 2. The lowest BCUT2D eigenvalue weighted by Crippen LogP contribution is -2.33. The molecule has 0 spiro atoms. The number of nitro groups is 1. The number of rotatable bonds is 5. The lowest BCUT2D eigenvalue weighted by Gasteiger charge is -2.16. The quantitative estimate of drug-likeness (QED) is 0.344. The fourth-order valence-electron chi connectivity index (χ4n) is 3.04. The van der Waals surface area contributed by atoms with Crippen molar-refractivity contribution >= 4 is 11.8 Å². The summed E-state index contributed by atoms with van der Waals surface area (Å²) in [5.41, 5.74) is -0.876. The van der Waals surface area contributed by atoms with Gasteiger partial charge in [0.25, 0.3) is 11.2 Å². The van der Waals surface area contributed by atoms with Crippen LogP contribution in [0.15, 0.2) is 40.1 Å². The highest BCUT2D eigenvalue weighted by Gasteiger charge is 2.38. The second kappa shape index (κ2) is 8.27. The second-order valence-electron chi connectivity index (χ2n) is 6.51. The molecule has 1 N–H and O–H groups in total. The molecule has 1 aromatic carbocycles. The van der Waals surface area contributed by atoms with Gasteiger partial charge in [0.15, 0.2) is 0 Å². The Kier molecular flexibility index (Phi) is 5.78. The fourth-order valence-corrected chi connectivity index (χ4v) is 3.04. The number of carbonyl (C=O) groups is 1. The van der Waals surface area contributed by atoms with E-state index in [-0.39, 0.29) is 17.9 Å². The summed E-state index contributed by atoms with van der Waals surface area (Å²) in [6.45, 7) is 3.41. The summed E-state index contributed by atoms with van der Waals surface area (Å²) in [4.78, 5) is 48.0. The summed E-state index contributed by atoms with van der Waals surface area (Å²) >= 11 is 0. The van der Waals surface area contributed by atoms with Gasteiger partial charge in [0.1, 0.15) is 18.1 Å². The van der Waals surface area contributed by atoms with Gasteiger partial charge in [-0.25, -0.2) is 9.59 Å². The Balaban J connectivity index is 1.68. The summed E-state index contributed by atoms with van der Waals surface area (Å²) in [6.07, 6.45) is -0.728. The molecule has 0 amide bonds. The van der Waals surface area contributed by atoms with Crippen LogP contribution in [0.5, 0.6) is 5.75 Å². The second-order valence-corrected chi connectivity index (χ2v) is 6.51. The maximum Gasteiger partial charge on any atom is 0.514 e. The number of hydrogen-bond donors (Lipinski definition) is 1. The number of non-ortho nitro benzene ring substituents is 1. The number of carbonyl (C=O) groups excluding carboxylic acids is 1. The molecule has 0 radical (unpaired) electrons. The highest BCUT2D eigenvalue weighted by molar-refractivity contribution is 5.64. The Hall–Kier alpha value is -3.47. The van der Waals surface area contributed by atoms with E-state index in [4.69, 9.17) is 14.2 Å². The van der Waals surface area contributed by atoms with Gasteiger partial charge in [-0.1, -0.05) is 6.92 Å². The van der Waals surface area contributed by atoms with Crippen molar-refractivity contribution in [2.24, 2.45) is 0 Å². The van der Waals surface area contributed by atoms with Crippen LogP contribution in [0, 0.1) is 17.0 Å². The van der Waals surface area contributed by atoms with Gasteiger partial charge in [0.2, 0.25) is 0 Å². The molecule has 11 nitrogen and oxygen atoms in total. The van der Waals surface area contributed by atoms with Crippen LogP contribution in [0.25, 0.3) is 0 Å². The summed E-state index contributed by atoms with van der Waals surface area (Å²) in [7, 11) is 0. The van der Waals surface area contributed by atoms with Crippen LogP contribution in [0.4, 0.5) is 10.5 Å². The third-order valence-corrected chi connectivity index (χ3v) is 4.54. The minimum atomic E-state index is -0.989. The normalized spacial score (nSPS) is 21.0. The third-order valence-electron chi connectivity index (χ3n) is 4.54. The average Bonchev–Trinajstić information content (AvgIpc) is 3.07. The molecule has 0 saturated carbocycles. The molecule has 3 rings (SSSR count). The summed E-state index contributed by atoms with van der Waals surface area (Å²) in [6, 6.07) is 4.98. The molecule has 1 unspecified atom stereocenters. The van der Waals surface area contributed by atoms with Crippen molar-refractivity contribution in [3.05, 3.63) is 67.0 Å². The van der Waals surface area contributed by atoms with Crippen molar-refractivity contribution in [1.82, 2.24) is 9.55 Å². The lowest BCUT2D eigenvalue weighted by atomic mass is 10.1. The van der Waals surface area contributed by atoms with Gasteiger partial charge in [-0.05, 0) is 25.5 Å². The van der Waals surface area contributed by atoms with Gasteiger partial charge in [0.05, 0.1) is 11.0 Å². The molecule has 3 atom stereocenters. The minimum absolute atomic E-state index is 0.0941. The van der Waals surface area contributed by atoms with E-state index in [1.54, 1.807) is 6.92 Å². The average molecular weight is 405 g/mol. The Bertz CT molecular complexity index is 1030. The van der Waals surface area contributed by atoms with E-state index in [9.17, 15) is 24.5 Å². The van der Waals surface area contributed by atoms with E-state index in [1.165, 1.54) is 35.0 Å². The zero-order valence-corrected chi connectivity index (χ0v) is 15.7. The molecule has 1 fully saturated rings. The molecule has 11 heteroatoms. The third kappa shape index (κ3) is 4.51. The molecule has 2 heterocycles. The minimum Gasteiger partial charge on any atom is -0.428 e. The van der Waals surface area contributed by atoms with Crippen LogP contribution < -0.4 is 16.0 Å². The van der Waals surface area contributed by atoms with Crippen molar-refractivity contribution < 1.29 is 23.9 Å². The number of nitro benzene ring substituents is 1. The standard InChI is InChI=1S/C18H19N3O8/c1-3-13-14(8-15(28-13)20-9-10(2)16(22)19-17(20)23)29-18(24)27-12-6-4-11(5-7-12)21(25)26/h4-7,9,13-15H,3,8H2,1-2H3,(H,19,22,23)/t13-,14?,15-/m1/s1. The molecule has 1 saturated heterocycles. The smallest absolute Gasteiger partial charge is 0.428 e. The summed E-state index contributed by atoms with van der Waals surface area (Å²) in [5, 5.41) is 10.7. The lowest BCUT2D eigenvalue weighted by molar-refractivity contribution is -0.384. The van der Waals surface area contributed by atoms with E-state index in [2.05, 4.69) is 4.98 Å². The molecule has 1 aromatic heterocycles. The van der Waals surface area contributed by atoms with Crippen molar-refractivity contribution in [3.63, 3.8) is 0 Å². The number of nitrogens with one attached hydrogen (secondary N) is 1. The van der Waals surface area contributed by atoms with Gasteiger partial charge >= 0.3 is 11.8 Å². The molecule has 29 heavy (non-hydrogen) atoms. The van der Waals surface area contributed by atoms with E-state index in [1.807, 2.05) is 6.92 Å². The largest absolute Gasteiger partial charge is 0.514 e. The first-order chi connectivity index (χ1) is 13.8. The van der Waals surface area contributed by atoms with E-state index >= 15 is 0 Å². The Morgan fingerprint density at radius 1 is 1.34 bits per heavy atom. The van der Waals surface area contributed by atoms with Gasteiger partial charge in [0, 0.05) is 30.3 Å². The summed E-state index contributed by atoms with van der Waals surface area (Å²) in [5.74, 6) is 0.0941. The van der Waals surface area contributed by atoms with Crippen LogP contribution >= 0.6 is 0 Å². The Morgan fingerprint density at radius 2 is 2.03 bits per heavy atom. The van der Waals surface area contributed by atoms with Crippen LogP contribution in [0.3, 0.4) is 0 Å². The zero-order valence-electron chi connectivity index (χ0n) is 15.7. The number of H-pyrrole nitrogens is 1. The van der Waals surface area contributed by atoms with Gasteiger partial charge in [-0.3, -0.25) is 24.5 Å². The van der Waals surface area contributed by atoms with Crippen LogP contribution in [0.2, 0.25) is 0 Å². The molecule has 0 aliphatic carbocycles. The van der Waals surface area contributed by atoms with Crippen molar-refractivity contribution in [2.45, 2.75) is 45.1 Å². The predicted molar refractivity (Wildman–Crippen MR) is 98.9 cm³/mol. The zero-order chi connectivity index (χ0) is 21.1. The van der Waals surface area contributed by atoms with Crippen LogP contribution in [-0.2, 0) is 9.47 Å². The van der Waals surface area contributed by atoms with Gasteiger partial charge in [-0.2, -0.15) is 0 Å². The van der Waals surface area contributed by atoms with Crippen molar-refractivity contribution in [3.8, 4) is 5.75 Å². The molecule has 1 aliphatic rings. The number of ether oxygens (including phenoxy) is 3. The van der Waals surface area contributed by atoms with E-state index < -0.39 is 40.8 Å². The fraction of sp³-hybridized carbons (Fsp3) is 0.389. The Labute approximate surface area is 164 Å². The first-order valence-electron chi connectivity index (χ1n) is 8.89. The number of aryl methyl sites for hydroxylation is 1. The van der Waals surface area contributed by atoms with Gasteiger partial charge < -0.3 is 14.2 Å². The molecule has 2 aromatic rings.